The number of carboxylic acids is 1. The van der Waals surface area contributed by atoms with Gasteiger partial charge in [0.05, 0.1) is 12.5 Å². The zero-order valence-corrected chi connectivity index (χ0v) is 9.30. The monoisotopic (exact) mass is 232 g/mol. The summed E-state index contributed by atoms with van der Waals surface area (Å²) in [5, 5.41) is 13.2. The molecule has 0 spiro atoms. The Morgan fingerprint density at radius 1 is 1.47 bits per heavy atom. The molecule has 0 aliphatic heterocycles. The molecule has 0 amide bonds. The summed E-state index contributed by atoms with van der Waals surface area (Å²) in [5.74, 6) is 0.254. The van der Waals surface area contributed by atoms with Gasteiger partial charge < -0.3 is 15.2 Å². The van der Waals surface area contributed by atoms with Crippen molar-refractivity contribution in [3.63, 3.8) is 0 Å². The Balaban J connectivity index is 2.50. The van der Waals surface area contributed by atoms with Gasteiger partial charge in [0.25, 0.3) is 0 Å². The van der Waals surface area contributed by atoms with E-state index < -0.39 is 5.97 Å². The molecular weight excluding hydrogens is 220 g/mol. The minimum absolute atomic E-state index is 0.176. The van der Waals surface area contributed by atoms with E-state index in [0.29, 0.717) is 11.6 Å². The van der Waals surface area contributed by atoms with E-state index in [4.69, 9.17) is 9.84 Å². The first-order valence-corrected chi connectivity index (χ1v) is 5.10. The standard InChI is InChI=1S/C12H12N2O3/c1-17-9-4-2-3-8-5-6-13-12(11(8)9)14-7-10(15)16/h2-6H,7H2,1H3,(H,13,14)(H,15,16). The molecule has 0 bridgehead atoms. The van der Waals surface area contributed by atoms with Crippen LogP contribution in [0.2, 0.25) is 0 Å². The van der Waals surface area contributed by atoms with Gasteiger partial charge in [0.2, 0.25) is 0 Å². The van der Waals surface area contributed by atoms with Crippen LogP contribution in [0.5, 0.6) is 5.75 Å². The maximum absolute atomic E-state index is 10.5. The van der Waals surface area contributed by atoms with Crippen molar-refractivity contribution in [2.75, 3.05) is 19.0 Å². The first kappa shape index (κ1) is 11.2. The average molecular weight is 232 g/mol. The van der Waals surface area contributed by atoms with Crippen molar-refractivity contribution in [2.24, 2.45) is 0 Å². The number of nitrogens with zero attached hydrogens (tertiary/aromatic N) is 1. The molecule has 2 N–H and O–H groups in total. The number of anilines is 1. The van der Waals surface area contributed by atoms with Crippen molar-refractivity contribution in [2.45, 2.75) is 0 Å². The zero-order chi connectivity index (χ0) is 12.3. The topological polar surface area (TPSA) is 71.5 Å². The quantitative estimate of drug-likeness (QED) is 0.840. The van der Waals surface area contributed by atoms with Crippen LogP contribution in [0, 0.1) is 0 Å². The summed E-state index contributed by atoms with van der Waals surface area (Å²) in [7, 11) is 1.57. The number of nitrogens with one attached hydrogen (secondary N) is 1. The van der Waals surface area contributed by atoms with Crippen LogP contribution in [0.1, 0.15) is 0 Å². The number of carbonyl (C=O) groups is 1. The third-order valence-corrected chi connectivity index (χ3v) is 2.38. The van der Waals surface area contributed by atoms with Gasteiger partial charge in [0.15, 0.2) is 0 Å². The molecule has 0 fully saturated rings. The van der Waals surface area contributed by atoms with Crippen LogP contribution < -0.4 is 10.1 Å². The van der Waals surface area contributed by atoms with Gasteiger partial charge in [-0.15, -0.1) is 0 Å². The lowest BCUT2D eigenvalue weighted by Crippen LogP contribution is -2.13. The Hall–Kier alpha value is -2.30. The fourth-order valence-corrected chi connectivity index (χ4v) is 1.66. The van der Waals surface area contributed by atoms with Gasteiger partial charge in [0.1, 0.15) is 18.1 Å². The SMILES string of the molecule is COc1cccc2ccnc(NCC(=O)O)c12. The number of methoxy groups -OCH3 is 1. The number of carboxylic acid groups (broad SMARTS) is 1. The molecule has 0 aliphatic carbocycles. The van der Waals surface area contributed by atoms with Gasteiger partial charge in [-0.05, 0) is 17.5 Å². The predicted molar refractivity (Wildman–Crippen MR) is 64.4 cm³/mol. The van der Waals surface area contributed by atoms with E-state index in [1.54, 1.807) is 13.3 Å². The highest BCUT2D eigenvalue weighted by Gasteiger charge is 2.08. The van der Waals surface area contributed by atoms with E-state index >= 15 is 0 Å². The van der Waals surface area contributed by atoms with Gasteiger partial charge in [-0.1, -0.05) is 12.1 Å². The van der Waals surface area contributed by atoms with Crippen LogP contribution in [0.15, 0.2) is 30.5 Å². The van der Waals surface area contributed by atoms with Crippen molar-refractivity contribution in [1.82, 2.24) is 4.98 Å². The number of fused-ring (bicyclic) bond motifs is 1. The number of benzene rings is 1. The Morgan fingerprint density at radius 2 is 2.29 bits per heavy atom. The summed E-state index contributed by atoms with van der Waals surface area (Å²) in [5.41, 5.74) is 0. The van der Waals surface area contributed by atoms with Crippen molar-refractivity contribution >= 4 is 22.6 Å². The van der Waals surface area contributed by atoms with E-state index in [1.807, 2.05) is 24.3 Å². The molecule has 5 heteroatoms. The van der Waals surface area contributed by atoms with E-state index in [0.717, 1.165) is 10.8 Å². The van der Waals surface area contributed by atoms with Crippen molar-refractivity contribution in [3.8, 4) is 5.75 Å². The molecule has 17 heavy (non-hydrogen) atoms. The van der Waals surface area contributed by atoms with Crippen LogP contribution >= 0.6 is 0 Å². The molecule has 0 saturated carbocycles. The summed E-state index contributed by atoms with van der Waals surface area (Å²) in [6.07, 6.45) is 1.63. The van der Waals surface area contributed by atoms with E-state index in [-0.39, 0.29) is 6.54 Å². The summed E-state index contributed by atoms with van der Waals surface area (Å²) in [6.45, 7) is -0.176. The molecule has 0 aliphatic rings. The maximum atomic E-state index is 10.5. The lowest BCUT2D eigenvalue weighted by atomic mass is 10.1. The number of pyridine rings is 1. The second kappa shape index (κ2) is 4.69. The number of hydrogen-bond acceptors (Lipinski definition) is 4. The zero-order valence-electron chi connectivity index (χ0n) is 9.30. The van der Waals surface area contributed by atoms with Crippen LogP contribution in [0.4, 0.5) is 5.82 Å². The molecule has 5 nitrogen and oxygen atoms in total. The third-order valence-electron chi connectivity index (χ3n) is 2.38. The third kappa shape index (κ3) is 2.28. The molecule has 0 atom stereocenters. The molecule has 1 aromatic carbocycles. The Bertz CT molecular complexity index is 549. The molecule has 1 heterocycles. The lowest BCUT2D eigenvalue weighted by Gasteiger charge is -2.10. The Labute approximate surface area is 98.0 Å². The van der Waals surface area contributed by atoms with Crippen molar-refractivity contribution in [1.29, 1.82) is 0 Å². The summed E-state index contributed by atoms with van der Waals surface area (Å²) in [4.78, 5) is 14.7. The van der Waals surface area contributed by atoms with Crippen molar-refractivity contribution in [3.05, 3.63) is 30.5 Å². The molecule has 0 saturated heterocycles. The van der Waals surface area contributed by atoms with Gasteiger partial charge >= 0.3 is 5.97 Å². The summed E-state index contributed by atoms with van der Waals surface area (Å²) in [6, 6.07) is 7.47. The number of aromatic nitrogens is 1. The molecule has 1 aromatic heterocycles. The minimum Gasteiger partial charge on any atom is -0.496 e. The Kier molecular flexibility index (Phi) is 3.09. The molecule has 0 unspecified atom stereocenters. The lowest BCUT2D eigenvalue weighted by molar-refractivity contribution is -0.134. The largest absolute Gasteiger partial charge is 0.496 e. The number of aliphatic carboxylic acids is 1. The summed E-state index contributed by atoms with van der Waals surface area (Å²) < 4.78 is 5.25. The normalized spacial score (nSPS) is 10.2. The van der Waals surface area contributed by atoms with Crippen LogP contribution in [-0.2, 0) is 4.79 Å². The first-order valence-electron chi connectivity index (χ1n) is 5.10. The highest BCUT2D eigenvalue weighted by atomic mass is 16.5. The Morgan fingerprint density at radius 3 is 3.00 bits per heavy atom. The first-order chi connectivity index (χ1) is 8.22. The maximum Gasteiger partial charge on any atom is 0.322 e. The van der Waals surface area contributed by atoms with Crippen LogP contribution in [0.25, 0.3) is 10.8 Å². The van der Waals surface area contributed by atoms with Gasteiger partial charge in [-0.25, -0.2) is 4.98 Å². The molecule has 0 radical (unpaired) electrons. The number of hydrogen-bond donors (Lipinski definition) is 2. The number of rotatable bonds is 4. The fraction of sp³-hybridized carbons (Fsp3) is 0.167. The minimum atomic E-state index is -0.932. The highest BCUT2D eigenvalue weighted by molar-refractivity contribution is 5.97. The average Bonchev–Trinajstić information content (AvgIpc) is 2.35. The van der Waals surface area contributed by atoms with Crippen LogP contribution in [0.3, 0.4) is 0 Å². The molecule has 2 aromatic rings. The predicted octanol–water partition coefficient (Wildman–Crippen LogP) is 1.74. The van der Waals surface area contributed by atoms with E-state index in [9.17, 15) is 4.79 Å². The number of ether oxygens (including phenoxy) is 1. The van der Waals surface area contributed by atoms with E-state index in [1.165, 1.54) is 0 Å². The second-order valence-corrected chi connectivity index (χ2v) is 3.47. The fourth-order valence-electron chi connectivity index (χ4n) is 1.66. The van der Waals surface area contributed by atoms with Gasteiger partial charge in [-0.2, -0.15) is 0 Å². The van der Waals surface area contributed by atoms with Crippen LogP contribution in [-0.4, -0.2) is 29.7 Å². The molecular formula is C12H12N2O3. The van der Waals surface area contributed by atoms with Gasteiger partial charge in [-0.3, -0.25) is 4.79 Å². The molecule has 88 valence electrons. The highest BCUT2D eigenvalue weighted by Crippen LogP contribution is 2.30. The van der Waals surface area contributed by atoms with Gasteiger partial charge in [0, 0.05) is 6.20 Å². The smallest absolute Gasteiger partial charge is 0.322 e. The summed E-state index contributed by atoms with van der Waals surface area (Å²) >= 11 is 0. The second-order valence-electron chi connectivity index (χ2n) is 3.47. The van der Waals surface area contributed by atoms with Crippen molar-refractivity contribution < 1.29 is 14.6 Å². The molecule has 2 rings (SSSR count). The van der Waals surface area contributed by atoms with E-state index in [2.05, 4.69) is 10.3 Å².